The predicted molar refractivity (Wildman–Crippen MR) is 80.6 cm³/mol. The first-order valence-electron chi connectivity index (χ1n) is 6.75. The van der Waals surface area contributed by atoms with Crippen LogP contribution >= 0.6 is 0 Å². The van der Waals surface area contributed by atoms with Crippen molar-refractivity contribution in [3.63, 3.8) is 0 Å². The highest BCUT2D eigenvalue weighted by Crippen LogP contribution is 1.93. The lowest BCUT2D eigenvalue weighted by atomic mass is 10.3. The maximum Gasteiger partial charge on any atom is 0.243 e. The lowest BCUT2D eigenvalue weighted by Gasteiger charge is -2.12. The maximum absolute atomic E-state index is 11.5. The number of guanidine groups is 1. The first-order valence-corrected chi connectivity index (χ1v) is 6.75. The molecule has 6 nitrogen and oxygen atoms in total. The van der Waals surface area contributed by atoms with Gasteiger partial charge in [0.25, 0.3) is 0 Å². The van der Waals surface area contributed by atoms with Gasteiger partial charge < -0.3 is 15.5 Å². The Morgan fingerprint density at radius 3 is 2.75 bits per heavy atom. The first kappa shape index (κ1) is 15.9. The Balaban J connectivity index is 2.42. The fourth-order valence-corrected chi connectivity index (χ4v) is 1.48. The minimum Gasteiger partial charge on any atom is -0.357 e. The number of nitrogens with one attached hydrogen (secondary N) is 2. The average Bonchev–Trinajstić information content (AvgIpc) is 2.45. The Hall–Kier alpha value is -2.11. The van der Waals surface area contributed by atoms with Gasteiger partial charge in [0.05, 0.1) is 0 Å². The summed E-state index contributed by atoms with van der Waals surface area (Å²) in [6.07, 6.45) is 2.59. The maximum atomic E-state index is 11.5. The van der Waals surface area contributed by atoms with Crippen molar-refractivity contribution in [2.75, 3.05) is 33.7 Å². The van der Waals surface area contributed by atoms with Crippen LogP contribution in [-0.4, -0.2) is 55.5 Å². The van der Waals surface area contributed by atoms with Crippen molar-refractivity contribution in [2.24, 2.45) is 4.99 Å². The quantitative estimate of drug-likeness (QED) is 0.578. The number of hydrogen-bond donors (Lipinski definition) is 2. The summed E-state index contributed by atoms with van der Waals surface area (Å²) in [5, 5.41) is 6.30. The molecule has 1 amide bonds. The molecule has 1 heterocycles. The summed E-state index contributed by atoms with van der Waals surface area (Å²) in [6, 6.07) is 5.86. The topological polar surface area (TPSA) is 69.6 Å². The summed E-state index contributed by atoms with van der Waals surface area (Å²) in [6.45, 7) is 3.61. The molecule has 0 aliphatic rings. The second kappa shape index (κ2) is 8.90. The molecule has 20 heavy (non-hydrogen) atoms. The van der Waals surface area contributed by atoms with Gasteiger partial charge in [-0.2, -0.15) is 0 Å². The van der Waals surface area contributed by atoms with E-state index in [1.54, 1.807) is 20.3 Å². The van der Waals surface area contributed by atoms with Crippen molar-refractivity contribution in [3.8, 4) is 0 Å². The van der Waals surface area contributed by atoms with Gasteiger partial charge in [0.2, 0.25) is 5.91 Å². The normalized spacial score (nSPS) is 11.1. The zero-order valence-corrected chi connectivity index (χ0v) is 12.4. The molecule has 2 N–H and O–H groups in total. The molecule has 1 aromatic rings. The molecule has 0 atom stereocenters. The van der Waals surface area contributed by atoms with Gasteiger partial charge in [-0.05, 0) is 19.1 Å². The van der Waals surface area contributed by atoms with E-state index in [1.807, 2.05) is 25.1 Å². The molecule has 6 heteroatoms. The van der Waals surface area contributed by atoms with Crippen LogP contribution in [0.1, 0.15) is 12.6 Å². The molecule has 110 valence electrons. The summed E-state index contributed by atoms with van der Waals surface area (Å²) in [4.78, 5) is 21.5. The smallest absolute Gasteiger partial charge is 0.243 e. The van der Waals surface area contributed by atoms with Crippen LogP contribution in [0.4, 0.5) is 0 Å². The van der Waals surface area contributed by atoms with E-state index in [1.165, 1.54) is 4.90 Å². The monoisotopic (exact) mass is 277 g/mol. The van der Waals surface area contributed by atoms with Crippen molar-refractivity contribution < 1.29 is 4.79 Å². The highest BCUT2D eigenvalue weighted by atomic mass is 16.2. The number of hydrogen-bond acceptors (Lipinski definition) is 3. The van der Waals surface area contributed by atoms with Gasteiger partial charge in [-0.15, -0.1) is 0 Å². The van der Waals surface area contributed by atoms with Gasteiger partial charge in [-0.1, -0.05) is 6.07 Å². The van der Waals surface area contributed by atoms with Crippen LogP contribution in [0, 0.1) is 0 Å². The molecule has 0 aliphatic heterocycles. The van der Waals surface area contributed by atoms with Crippen LogP contribution in [0.15, 0.2) is 29.4 Å². The third-order valence-electron chi connectivity index (χ3n) is 2.62. The number of nitrogens with zero attached hydrogens (tertiary/aromatic N) is 3. The fraction of sp³-hybridized carbons (Fsp3) is 0.500. The van der Waals surface area contributed by atoms with E-state index in [0.29, 0.717) is 5.96 Å². The van der Waals surface area contributed by atoms with Crippen molar-refractivity contribution in [1.82, 2.24) is 20.5 Å². The highest BCUT2D eigenvalue weighted by Gasteiger charge is 2.03. The van der Waals surface area contributed by atoms with Crippen molar-refractivity contribution in [2.45, 2.75) is 13.3 Å². The molecule has 0 spiro atoms. The van der Waals surface area contributed by atoms with Crippen LogP contribution < -0.4 is 10.6 Å². The van der Waals surface area contributed by atoms with Crippen LogP contribution in [0.2, 0.25) is 0 Å². The van der Waals surface area contributed by atoms with Crippen molar-refractivity contribution in [1.29, 1.82) is 0 Å². The standard InChI is InChI=1S/C14H23N5O/c1-4-15-14(18-11-13(20)19(2)3)17-10-8-12-7-5-6-9-16-12/h5-7,9H,4,8,10-11H2,1-3H3,(H2,15,17,18). The summed E-state index contributed by atoms with van der Waals surface area (Å²) in [5.41, 5.74) is 1.03. The van der Waals surface area contributed by atoms with E-state index in [2.05, 4.69) is 20.6 Å². The third-order valence-corrected chi connectivity index (χ3v) is 2.62. The van der Waals surface area contributed by atoms with Crippen LogP contribution in [-0.2, 0) is 11.2 Å². The van der Waals surface area contributed by atoms with Gasteiger partial charge in [0, 0.05) is 45.5 Å². The predicted octanol–water partition coefficient (Wildman–Crippen LogP) is 0.267. The number of aromatic nitrogens is 1. The molecular weight excluding hydrogens is 254 g/mol. The minimum atomic E-state index is -0.0214. The second-order valence-electron chi connectivity index (χ2n) is 4.48. The Labute approximate surface area is 120 Å². The van der Waals surface area contributed by atoms with E-state index in [-0.39, 0.29) is 12.5 Å². The van der Waals surface area contributed by atoms with E-state index in [9.17, 15) is 4.79 Å². The average molecular weight is 277 g/mol. The van der Waals surface area contributed by atoms with E-state index in [0.717, 1.165) is 25.2 Å². The van der Waals surface area contributed by atoms with Gasteiger partial charge >= 0.3 is 0 Å². The molecule has 1 rings (SSSR count). The van der Waals surface area contributed by atoms with Crippen molar-refractivity contribution in [3.05, 3.63) is 30.1 Å². The SMILES string of the molecule is CCNC(=NCC(=O)N(C)C)NCCc1ccccn1. The molecule has 0 bridgehead atoms. The number of pyridine rings is 1. The number of rotatable bonds is 6. The molecule has 0 saturated heterocycles. The number of carbonyl (C=O) groups is 1. The molecule has 0 aliphatic carbocycles. The Morgan fingerprint density at radius 1 is 1.35 bits per heavy atom. The number of amides is 1. The Bertz CT molecular complexity index is 430. The van der Waals surface area contributed by atoms with Crippen LogP contribution in [0.3, 0.4) is 0 Å². The molecular formula is C14H23N5O. The minimum absolute atomic E-state index is 0.0214. The molecule has 0 saturated carbocycles. The van der Waals surface area contributed by atoms with E-state index < -0.39 is 0 Å². The van der Waals surface area contributed by atoms with Gasteiger partial charge in [-0.25, -0.2) is 4.99 Å². The van der Waals surface area contributed by atoms with E-state index in [4.69, 9.17) is 0 Å². The summed E-state index contributed by atoms with van der Waals surface area (Å²) < 4.78 is 0. The summed E-state index contributed by atoms with van der Waals surface area (Å²) >= 11 is 0. The van der Waals surface area contributed by atoms with Gasteiger partial charge in [0.15, 0.2) is 5.96 Å². The van der Waals surface area contributed by atoms with Gasteiger partial charge in [-0.3, -0.25) is 9.78 Å². The van der Waals surface area contributed by atoms with Crippen LogP contribution in [0.25, 0.3) is 0 Å². The molecule has 0 radical (unpaired) electrons. The fourth-order valence-electron chi connectivity index (χ4n) is 1.48. The largest absolute Gasteiger partial charge is 0.357 e. The lowest BCUT2D eigenvalue weighted by molar-refractivity contribution is -0.127. The zero-order chi connectivity index (χ0) is 14.8. The van der Waals surface area contributed by atoms with E-state index >= 15 is 0 Å². The lowest BCUT2D eigenvalue weighted by Crippen LogP contribution is -2.39. The first-order chi connectivity index (χ1) is 9.63. The number of likely N-dealkylation sites (N-methyl/N-ethyl adjacent to an activating group) is 1. The molecule has 0 fully saturated rings. The van der Waals surface area contributed by atoms with Gasteiger partial charge in [0.1, 0.15) is 6.54 Å². The molecule has 0 aromatic carbocycles. The third kappa shape index (κ3) is 6.17. The van der Waals surface area contributed by atoms with Crippen molar-refractivity contribution >= 4 is 11.9 Å². The zero-order valence-electron chi connectivity index (χ0n) is 12.4. The summed E-state index contributed by atoms with van der Waals surface area (Å²) in [7, 11) is 3.44. The Kier molecular flexibility index (Phi) is 7.10. The summed E-state index contributed by atoms with van der Waals surface area (Å²) in [5.74, 6) is 0.630. The van der Waals surface area contributed by atoms with Crippen LogP contribution in [0.5, 0.6) is 0 Å². The highest BCUT2D eigenvalue weighted by molar-refractivity contribution is 5.84. The second-order valence-corrected chi connectivity index (χ2v) is 4.48. The molecule has 1 aromatic heterocycles. The molecule has 0 unspecified atom stereocenters. The Morgan fingerprint density at radius 2 is 2.15 bits per heavy atom. The number of carbonyl (C=O) groups excluding carboxylic acids is 1. The number of aliphatic imine (C=N–C) groups is 1.